The van der Waals surface area contributed by atoms with Crippen LogP contribution in [0.4, 0.5) is 16.8 Å². The van der Waals surface area contributed by atoms with E-state index in [4.69, 9.17) is 9.97 Å². The Bertz CT molecular complexity index is 1060. The molecule has 5 heterocycles. The van der Waals surface area contributed by atoms with Gasteiger partial charge >= 0.3 is 0 Å². The molecule has 3 aromatic rings. The second kappa shape index (κ2) is 4.31. The van der Waals surface area contributed by atoms with Gasteiger partial charge in [-0.2, -0.15) is 0 Å². The zero-order valence-electron chi connectivity index (χ0n) is 15.4. The van der Waals surface area contributed by atoms with Crippen LogP contribution in [0.15, 0.2) is 36.1 Å². The molecule has 5 nitrogen and oxygen atoms in total. The molecule has 0 aliphatic carbocycles. The lowest BCUT2D eigenvalue weighted by Gasteiger charge is -2.58. The summed E-state index contributed by atoms with van der Waals surface area (Å²) < 4.78 is 2.23. The van der Waals surface area contributed by atoms with Gasteiger partial charge in [0.15, 0.2) is 5.82 Å². The first kappa shape index (κ1) is 14.8. The fourth-order valence-corrected chi connectivity index (χ4v) is 6.13. The van der Waals surface area contributed by atoms with Crippen LogP contribution < -0.4 is 9.80 Å². The van der Waals surface area contributed by atoms with E-state index in [1.54, 1.807) is 11.3 Å². The van der Waals surface area contributed by atoms with Crippen molar-refractivity contribution >= 4 is 28.1 Å². The SMILES string of the molecule is CCC1(C)c2cccc3c2C2N(c4scnc4N2C1(C)C)c1nccn1-3. The number of benzene rings is 1. The zero-order valence-corrected chi connectivity index (χ0v) is 16.2. The smallest absolute Gasteiger partial charge is 0.217 e. The van der Waals surface area contributed by atoms with Gasteiger partial charge in [0.05, 0.1) is 11.2 Å². The molecule has 0 N–H and O–H groups in total. The quantitative estimate of drug-likeness (QED) is 0.625. The molecule has 132 valence electrons. The fraction of sp³-hybridized carbons (Fsp3) is 0.400. The molecule has 0 bridgehead atoms. The number of anilines is 3. The molecule has 0 fully saturated rings. The minimum absolute atomic E-state index is 0.0316. The van der Waals surface area contributed by atoms with E-state index in [0.717, 1.165) is 18.2 Å². The van der Waals surface area contributed by atoms with E-state index in [-0.39, 0.29) is 17.1 Å². The molecule has 0 amide bonds. The van der Waals surface area contributed by atoms with E-state index in [2.05, 4.69) is 66.5 Å². The predicted molar refractivity (Wildman–Crippen MR) is 105 cm³/mol. The predicted octanol–water partition coefficient (Wildman–Crippen LogP) is 4.76. The maximum Gasteiger partial charge on any atom is 0.217 e. The first-order chi connectivity index (χ1) is 12.5. The van der Waals surface area contributed by atoms with Gasteiger partial charge in [0.2, 0.25) is 5.95 Å². The molecule has 3 aliphatic rings. The molecule has 2 unspecified atom stereocenters. The molecule has 0 radical (unpaired) electrons. The summed E-state index contributed by atoms with van der Waals surface area (Å²) in [5.41, 5.74) is 6.05. The van der Waals surface area contributed by atoms with Gasteiger partial charge in [0, 0.05) is 28.9 Å². The average Bonchev–Trinajstić information content (AvgIpc) is 3.33. The van der Waals surface area contributed by atoms with Crippen LogP contribution in [0.3, 0.4) is 0 Å². The van der Waals surface area contributed by atoms with Gasteiger partial charge in [-0.1, -0.05) is 26.0 Å². The number of imidazole rings is 1. The van der Waals surface area contributed by atoms with Crippen molar-refractivity contribution in [1.29, 1.82) is 0 Å². The molecule has 3 aliphatic heterocycles. The van der Waals surface area contributed by atoms with Crippen molar-refractivity contribution in [2.24, 2.45) is 0 Å². The minimum atomic E-state index is -0.0651. The van der Waals surface area contributed by atoms with Crippen molar-refractivity contribution in [3.63, 3.8) is 0 Å². The number of aromatic nitrogens is 3. The Morgan fingerprint density at radius 2 is 2.04 bits per heavy atom. The van der Waals surface area contributed by atoms with Crippen molar-refractivity contribution in [3.8, 4) is 5.69 Å². The van der Waals surface area contributed by atoms with Crippen molar-refractivity contribution in [3.05, 3.63) is 47.2 Å². The second-order valence-electron chi connectivity index (χ2n) is 8.18. The van der Waals surface area contributed by atoms with Gasteiger partial charge in [-0.25, -0.2) is 9.97 Å². The molecular weight excluding hydrogens is 342 g/mol. The molecule has 1 aromatic carbocycles. The molecule has 2 atom stereocenters. The third-order valence-corrected chi connectivity index (χ3v) is 7.97. The molecular formula is C20H21N5S. The summed E-state index contributed by atoms with van der Waals surface area (Å²) >= 11 is 1.71. The molecule has 6 heteroatoms. The summed E-state index contributed by atoms with van der Waals surface area (Å²) in [6, 6.07) is 6.77. The third-order valence-electron chi connectivity index (χ3n) is 7.16. The van der Waals surface area contributed by atoms with E-state index < -0.39 is 0 Å². The molecule has 26 heavy (non-hydrogen) atoms. The van der Waals surface area contributed by atoms with Crippen LogP contribution in [0.2, 0.25) is 0 Å². The number of thiazole rings is 1. The van der Waals surface area contributed by atoms with Crippen LogP contribution in [-0.2, 0) is 5.41 Å². The Kier molecular flexibility index (Phi) is 2.45. The average molecular weight is 363 g/mol. The number of fused-ring (bicyclic) bond motifs is 6. The van der Waals surface area contributed by atoms with Crippen LogP contribution in [0.1, 0.15) is 51.4 Å². The van der Waals surface area contributed by atoms with Gasteiger partial charge in [-0.05, 0) is 31.9 Å². The number of hydrogen-bond donors (Lipinski definition) is 0. The van der Waals surface area contributed by atoms with Crippen LogP contribution in [0.5, 0.6) is 0 Å². The molecule has 0 saturated heterocycles. The Morgan fingerprint density at radius 3 is 2.85 bits per heavy atom. The molecule has 2 aromatic heterocycles. The Balaban J connectivity index is 1.81. The number of hydrogen-bond acceptors (Lipinski definition) is 5. The van der Waals surface area contributed by atoms with E-state index >= 15 is 0 Å². The van der Waals surface area contributed by atoms with E-state index in [0.29, 0.717) is 0 Å². The highest BCUT2D eigenvalue weighted by molar-refractivity contribution is 7.14. The van der Waals surface area contributed by atoms with Gasteiger partial charge in [-0.3, -0.25) is 9.47 Å². The Morgan fingerprint density at radius 1 is 1.19 bits per heavy atom. The van der Waals surface area contributed by atoms with Gasteiger partial charge in [-0.15, -0.1) is 11.3 Å². The molecule has 6 rings (SSSR count). The third kappa shape index (κ3) is 1.32. The summed E-state index contributed by atoms with van der Waals surface area (Å²) in [7, 11) is 0. The summed E-state index contributed by atoms with van der Waals surface area (Å²) in [6.45, 7) is 9.47. The summed E-state index contributed by atoms with van der Waals surface area (Å²) in [4.78, 5) is 14.4. The summed E-state index contributed by atoms with van der Waals surface area (Å²) in [5, 5.41) is 1.20. The van der Waals surface area contributed by atoms with Crippen LogP contribution in [0, 0.1) is 0 Å². The highest BCUT2D eigenvalue weighted by atomic mass is 32.1. The maximum atomic E-state index is 4.79. The topological polar surface area (TPSA) is 37.2 Å². The summed E-state index contributed by atoms with van der Waals surface area (Å²) in [5.74, 6) is 2.09. The van der Waals surface area contributed by atoms with Gasteiger partial charge in [0.25, 0.3) is 0 Å². The lowest BCUT2D eigenvalue weighted by Crippen LogP contribution is -2.63. The van der Waals surface area contributed by atoms with Crippen LogP contribution >= 0.6 is 11.3 Å². The largest absolute Gasteiger partial charge is 0.323 e. The van der Waals surface area contributed by atoms with E-state index in [1.807, 2.05) is 11.7 Å². The molecule has 0 spiro atoms. The minimum Gasteiger partial charge on any atom is -0.323 e. The fourth-order valence-electron chi connectivity index (χ4n) is 5.33. The highest BCUT2D eigenvalue weighted by Crippen LogP contribution is 2.64. The van der Waals surface area contributed by atoms with Crippen molar-refractivity contribution in [2.75, 3.05) is 9.80 Å². The van der Waals surface area contributed by atoms with E-state index in [1.165, 1.54) is 21.8 Å². The molecule has 0 saturated carbocycles. The van der Waals surface area contributed by atoms with Gasteiger partial charge in [0.1, 0.15) is 11.2 Å². The van der Waals surface area contributed by atoms with Crippen molar-refractivity contribution in [2.45, 2.75) is 51.2 Å². The Hall–Kier alpha value is -2.34. The monoisotopic (exact) mass is 363 g/mol. The van der Waals surface area contributed by atoms with E-state index in [9.17, 15) is 0 Å². The second-order valence-corrected chi connectivity index (χ2v) is 9.01. The lowest BCUT2D eigenvalue weighted by atomic mass is 9.61. The first-order valence-electron chi connectivity index (χ1n) is 9.20. The Labute approximate surface area is 156 Å². The standard InChI is InChI=1S/C20H21N5S/c1-5-20(4)12-7-6-8-13-14(12)16-24(18-21-9-10-23(13)18)17-15(22-11-26-17)25(16)19(20,2)3/h6-11,16H,5H2,1-4H3. The van der Waals surface area contributed by atoms with Crippen molar-refractivity contribution < 1.29 is 0 Å². The number of nitrogens with zero attached hydrogens (tertiary/aromatic N) is 5. The maximum absolute atomic E-state index is 4.79. The van der Waals surface area contributed by atoms with Gasteiger partial charge < -0.3 is 4.90 Å². The van der Waals surface area contributed by atoms with Crippen molar-refractivity contribution in [1.82, 2.24) is 14.5 Å². The van der Waals surface area contributed by atoms with Crippen LogP contribution in [0.25, 0.3) is 5.69 Å². The zero-order chi connectivity index (χ0) is 17.8. The normalized spacial score (nSPS) is 26.5. The number of rotatable bonds is 1. The highest BCUT2D eigenvalue weighted by Gasteiger charge is 2.60. The first-order valence-corrected chi connectivity index (χ1v) is 10.1. The summed E-state index contributed by atoms with van der Waals surface area (Å²) in [6.07, 6.45) is 5.20. The van der Waals surface area contributed by atoms with Crippen LogP contribution in [-0.4, -0.2) is 20.1 Å². The lowest BCUT2D eigenvalue weighted by molar-refractivity contribution is 0.215.